The number of ether oxygens (including phenoxy) is 2. The maximum absolute atomic E-state index is 12.5. The molecule has 2 unspecified atom stereocenters. The smallest absolute Gasteiger partial charge is 0.314 e. The Kier molecular flexibility index (Phi) is 7.42. The minimum absolute atomic E-state index is 0.149. The minimum atomic E-state index is -0.184. The van der Waals surface area contributed by atoms with Crippen molar-refractivity contribution in [2.75, 3.05) is 0 Å². The van der Waals surface area contributed by atoms with E-state index in [2.05, 4.69) is 0 Å². The van der Waals surface area contributed by atoms with E-state index in [4.69, 9.17) is 9.47 Å². The second-order valence-electron chi connectivity index (χ2n) is 7.09. The maximum atomic E-state index is 12.5. The molecular weight excluding hydrogens is 352 g/mol. The maximum Gasteiger partial charge on any atom is 0.314 e. The van der Waals surface area contributed by atoms with E-state index in [1.54, 1.807) is 24.3 Å². The number of carbonyl (C=O) groups excluding carboxylic acids is 2. The van der Waals surface area contributed by atoms with Gasteiger partial charge in [-0.2, -0.15) is 0 Å². The van der Waals surface area contributed by atoms with Crippen LogP contribution in [0.25, 0.3) is 0 Å². The Labute approximate surface area is 166 Å². The number of esters is 2. The fraction of sp³-hybridized carbons (Fsp3) is 0.333. The zero-order chi connectivity index (χ0) is 19.6. The molecule has 0 fully saturated rings. The fourth-order valence-electron chi connectivity index (χ4n) is 3.34. The average Bonchev–Trinajstić information content (AvgIpc) is 2.73. The van der Waals surface area contributed by atoms with Crippen molar-refractivity contribution < 1.29 is 19.1 Å². The lowest BCUT2D eigenvalue weighted by Gasteiger charge is -2.18. The molecule has 0 heterocycles. The van der Waals surface area contributed by atoms with Gasteiger partial charge in [0.2, 0.25) is 0 Å². The van der Waals surface area contributed by atoms with Crippen LogP contribution in [0.3, 0.4) is 0 Å². The third-order valence-electron chi connectivity index (χ3n) is 4.95. The van der Waals surface area contributed by atoms with E-state index in [1.807, 2.05) is 48.6 Å². The molecular formula is C24H26O4. The van der Waals surface area contributed by atoms with Crippen molar-refractivity contribution in [3.05, 3.63) is 72.8 Å². The molecule has 4 nitrogen and oxygen atoms in total. The second-order valence-corrected chi connectivity index (χ2v) is 7.09. The molecule has 1 aliphatic carbocycles. The van der Waals surface area contributed by atoms with Crippen LogP contribution in [0.15, 0.2) is 72.8 Å². The summed E-state index contributed by atoms with van der Waals surface area (Å²) in [4.78, 5) is 25.0. The Hall–Kier alpha value is -2.88. The number of hydrogen-bond acceptors (Lipinski definition) is 4. The van der Waals surface area contributed by atoms with E-state index in [0.29, 0.717) is 24.3 Å². The van der Waals surface area contributed by atoms with E-state index in [-0.39, 0.29) is 23.8 Å². The largest absolute Gasteiger partial charge is 0.426 e. The molecule has 0 bridgehead atoms. The van der Waals surface area contributed by atoms with Gasteiger partial charge >= 0.3 is 11.9 Å². The summed E-state index contributed by atoms with van der Waals surface area (Å²) >= 11 is 0. The van der Waals surface area contributed by atoms with Gasteiger partial charge in [0.05, 0.1) is 11.8 Å². The quantitative estimate of drug-likeness (QED) is 0.409. The van der Waals surface area contributed by atoms with Crippen LogP contribution in [0.5, 0.6) is 11.5 Å². The topological polar surface area (TPSA) is 52.6 Å². The normalized spacial score (nSPS) is 20.1. The summed E-state index contributed by atoms with van der Waals surface area (Å²) in [5.74, 6) is 0.496. The van der Waals surface area contributed by atoms with Crippen LogP contribution < -0.4 is 9.47 Å². The van der Waals surface area contributed by atoms with Crippen molar-refractivity contribution >= 4 is 11.9 Å². The first kappa shape index (κ1) is 19.9. The van der Waals surface area contributed by atoms with Crippen LogP contribution >= 0.6 is 0 Å². The van der Waals surface area contributed by atoms with Gasteiger partial charge in [0.15, 0.2) is 0 Å². The zero-order valence-electron chi connectivity index (χ0n) is 16.0. The summed E-state index contributed by atoms with van der Waals surface area (Å²) in [5.41, 5.74) is 0. The number of rotatable bonds is 4. The van der Waals surface area contributed by atoms with Gasteiger partial charge < -0.3 is 9.47 Å². The highest BCUT2D eigenvalue weighted by molar-refractivity contribution is 5.76. The van der Waals surface area contributed by atoms with Gasteiger partial charge in [-0.1, -0.05) is 61.4 Å². The summed E-state index contributed by atoms with van der Waals surface area (Å²) in [6, 6.07) is 18.3. The van der Waals surface area contributed by atoms with Crippen LogP contribution in [0, 0.1) is 11.8 Å². The van der Waals surface area contributed by atoms with E-state index in [9.17, 15) is 9.59 Å². The predicted octanol–water partition coefficient (Wildman–Crippen LogP) is 5.34. The minimum Gasteiger partial charge on any atom is -0.426 e. The van der Waals surface area contributed by atoms with Crippen LogP contribution in [0.2, 0.25) is 0 Å². The first-order valence-corrected chi connectivity index (χ1v) is 9.91. The predicted molar refractivity (Wildman–Crippen MR) is 108 cm³/mol. The van der Waals surface area contributed by atoms with Crippen molar-refractivity contribution in [3.8, 4) is 11.5 Å². The summed E-state index contributed by atoms with van der Waals surface area (Å²) in [7, 11) is 0. The monoisotopic (exact) mass is 378 g/mol. The molecule has 28 heavy (non-hydrogen) atoms. The standard InChI is InChI=1S/C24H26O4/c25-23(27-21-15-3-1-4-16-21)19-11-7-9-13-20(14-10-8-12-19)24(26)28-22-17-5-2-6-18-22/h1-7,9,15-20H,8,10-14H2. The third kappa shape index (κ3) is 6.08. The Balaban J connectivity index is 1.54. The van der Waals surface area contributed by atoms with Crippen LogP contribution in [0.4, 0.5) is 0 Å². The molecule has 0 amide bonds. The first-order chi connectivity index (χ1) is 13.7. The molecule has 2 atom stereocenters. The van der Waals surface area contributed by atoms with Crippen LogP contribution in [-0.4, -0.2) is 11.9 Å². The lowest BCUT2D eigenvalue weighted by molar-refractivity contribution is -0.140. The highest BCUT2D eigenvalue weighted by atomic mass is 16.5. The van der Waals surface area contributed by atoms with E-state index in [1.165, 1.54) is 0 Å². The van der Waals surface area contributed by atoms with Crippen LogP contribution in [0.1, 0.15) is 38.5 Å². The van der Waals surface area contributed by atoms with Gasteiger partial charge in [-0.15, -0.1) is 0 Å². The average molecular weight is 378 g/mol. The van der Waals surface area contributed by atoms with E-state index >= 15 is 0 Å². The molecule has 0 N–H and O–H groups in total. The van der Waals surface area contributed by atoms with Gasteiger partial charge in [0, 0.05) is 0 Å². The number of hydrogen-bond donors (Lipinski definition) is 0. The third-order valence-corrected chi connectivity index (χ3v) is 4.95. The Morgan fingerprint density at radius 3 is 1.43 bits per heavy atom. The van der Waals surface area contributed by atoms with Gasteiger partial charge in [0.1, 0.15) is 11.5 Å². The van der Waals surface area contributed by atoms with Crippen molar-refractivity contribution in [2.24, 2.45) is 11.8 Å². The highest BCUT2D eigenvalue weighted by Gasteiger charge is 2.23. The van der Waals surface area contributed by atoms with E-state index in [0.717, 1.165) is 25.7 Å². The molecule has 2 aromatic carbocycles. The van der Waals surface area contributed by atoms with E-state index < -0.39 is 0 Å². The van der Waals surface area contributed by atoms with Crippen LogP contribution in [-0.2, 0) is 9.59 Å². The second kappa shape index (κ2) is 10.5. The van der Waals surface area contributed by atoms with Crippen molar-refractivity contribution in [3.63, 3.8) is 0 Å². The SMILES string of the molecule is O=C(Oc1ccccc1)C1CC=CCC(C(=O)Oc2ccccc2)CCCC1. The molecule has 0 radical (unpaired) electrons. The Morgan fingerprint density at radius 2 is 1.04 bits per heavy atom. The zero-order valence-corrected chi connectivity index (χ0v) is 16.0. The number of benzene rings is 2. The number of para-hydroxylation sites is 2. The summed E-state index contributed by atoms with van der Waals surface area (Å²) < 4.78 is 11.0. The lowest BCUT2D eigenvalue weighted by atomic mass is 9.91. The molecule has 0 saturated carbocycles. The molecule has 3 rings (SSSR count). The van der Waals surface area contributed by atoms with Gasteiger partial charge in [-0.05, 0) is 49.9 Å². The van der Waals surface area contributed by atoms with Gasteiger partial charge in [0.25, 0.3) is 0 Å². The highest BCUT2D eigenvalue weighted by Crippen LogP contribution is 2.24. The fourth-order valence-corrected chi connectivity index (χ4v) is 3.34. The summed E-state index contributed by atoms with van der Waals surface area (Å²) in [6.45, 7) is 0. The molecule has 1 aliphatic rings. The summed E-state index contributed by atoms with van der Waals surface area (Å²) in [5, 5.41) is 0. The Bertz CT molecular complexity index is 715. The molecule has 4 heteroatoms. The molecule has 2 aromatic rings. The van der Waals surface area contributed by atoms with Crippen molar-refractivity contribution in [1.29, 1.82) is 0 Å². The van der Waals surface area contributed by atoms with Crippen molar-refractivity contribution in [1.82, 2.24) is 0 Å². The van der Waals surface area contributed by atoms with Gasteiger partial charge in [-0.25, -0.2) is 0 Å². The first-order valence-electron chi connectivity index (χ1n) is 9.91. The Morgan fingerprint density at radius 1 is 0.643 bits per heavy atom. The molecule has 0 saturated heterocycles. The molecule has 146 valence electrons. The summed E-state index contributed by atoms with van der Waals surface area (Å²) in [6.07, 6.45) is 8.54. The molecule has 0 spiro atoms. The molecule has 0 aromatic heterocycles. The lowest BCUT2D eigenvalue weighted by Crippen LogP contribution is -2.22. The van der Waals surface area contributed by atoms with Crippen molar-refractivity contribution in [2.45, 2.75) is 38.5 Å². The number of allylic oxidation sites excluding steroid dienone is 2. The molecule has 0 aliphatic heterocycles. The number of carbonyl (C=O) groups is 2. The van der Waals surface area contributed by atoms with Gasteiger partial charge in [-0.3, -0.25) is 9.59 Å².